The van der Waals surface area contributed by atoms with Gasteiger partial charge in [-0.3, -0.25) is 0 Å². The molecule has 4 nitrogen and oxygen atoms in total. The van der Waals surface area contributed by atoms with E-state index < -0.39 is 0 Å². The maximum absolute atomic E-state index is 5.95. The summed E-state index contributed by atoms with van der Waals surface area (Å²) in [7, 11) is 0. The quantitative estimate of drug-likeness (QED) is 0.742. The first-order valence-electron chi connectivity index (χ1n) is 8.72. The van der Waals surface area contributed by atoms with Gasteiger partial charge in [0.25, 0.3) is 0 Å². The van der Waals surface area contributed by atoms with E-state index in [4.69, 9.17) is 18.9 Å². The summed E-state index contributed by atoms with van der Waals surface area (Å²) in [5.74, 6) is 0. The zero-order valence-electron chi connectivity index (χ0n) is 14.0. The van der Waals surface area contributed by atoms with Gasteiger partial charge in [0.1, 0.15) is 0 Å². The van der Waals surface area contributed by atoms with E-state index in [1.165, 1.54) is 0 Å². The Morgan fingerprint density at radius 3 is 1.52 bits per heavy atom. The average molecular weight is 300 g/mol. The third-order valence-electron chi connectivity index (χ3n) is 4.44. The van der Waals surface area contributed by atoms with Crippen LogP contribution in [0, 0.1) is 0 Å². The molecule has 6 unspecified atom stereocenters. The minimum absolute atomic E-state index is 0.0540. The van der Waals surface area contributed by atoms with Crippen LogP contribution in [0.5, 0.6) is 0 Å². The Labute approximate surface area is 129 Å². The van der Waals surface area contributed by atoms with Crippen LogP contribution in [0.25, 0.3) is 0 Å². The Bertz CT molecular complexity index is 269. The van der Waals surface area contributed by atoms with Gasteiger partial charge in [-0.15, -0.1) is 0 Å². The zero-order valence-corrected chi connectivity index (χ0v) is 14.0. The fourth-order valence-corrected chi connectivity index (χ4v) is 3.22. The highest BCUT2D eigenvalue weighted by Crippen LogP contribution is 2.26. The molecule has 0 N–H and O–H groups in total. The van der Waals surface area contributed by atoms with Gasteiger partial charge in [-0.1, -0.05) is 13.8 Å². The summed E-state index contributed by atoms with van der Waals surface area (Å²) in [6.45, 7) is 8.63. The van der Waals surface area contributed by atoms with Crippen molar-refractivity contribution in [2.24, 2.45) is 0 Å². The Kier molecular flexibility index (Phi) is 6.93. The summed E-state index contributed by atoms with van der Waals surface area (Å²) in [5.41, 5.74) is 0. The van der Waals surface area contributed by atoms with Gasteiger partial charge < -0.3 is 18.9 Å². The Morgan fingerprint density at radius 1 is 0.714 bits per heavy atom. The molecular weight excluding hydrogens is 268 g/mol. The van der Waals surface area contributed by atoms with Crippen LogP contribution in [0.4, 0.5) is 0 Å². The minimum atomic E-state index is -0.0540. The zero-order chi connectivity index (χ0) is 15.2. The summed E-state index contributed by atoms with van der Waals surface area (Å²) < 4.78 is 23.6. The van der Waals surface area contributed by atoms with Gasteiger partial charge in [0.15, 0.2) is 12.6 Å². The second-order valence-corrected chi connectivity index (χ2v) is 6.49. The van der Waals surface area contributed by atoms with Crippen LogP contribution < -0.4 is 0 Å². The van der Waals surface area contributed by atoms with E-state index in [9.17, 15) is 0 Å². The Morgan fingerprint density at radius 2 is 1.14 bits per heavy atom. The van der Waals surface area contributed by atoms with Crippen LogP contribution >= 0.6 is 0 Å². The molecule has 0 saturated carbocycles. The monoisotopic (exact) mass is 300 g/mol. The number of ether oxygens (including phenoxy) is 4. The molecule has 4 heteroatoms. The van der Waals surface area contributed by atoms with Gasteiger partial charge in [-0.05, 0) is 58.8 Å². The Hall–Kier alpha value is -0.160. The summed E-state index contributed by atoms with van der Waals surface area (Å²) >= 11 is 0. The molecule has 0 aliphatic carbocycles. The SMILES string of the molecule is CCC1CC(C)OC(CCCC2OC(C)CC(CC)O2)O1. The largest absolute Gasteiger partial charge is 0.350 e. The smallest absolute Gasteiger partial charge is 0.158 e. The minimum Gasteiger partial charge on any atom is -0.350 e. The van der Waals surface area contributed by atoms with E-state index >= 15 is 0 Å². The number of hydrogen-bond donors (Lipinski definition) is 0. The molecule has 2 heterocycles. The first-order chi connectivity index (χ1) is 10.1. The molecule has 0 spiro atoms. The third-order valence-corrected chi connectivity index (χ3v) is 4.44. The molecule has 0 radical (unpaired) electrons. The van der Waals surface area contributed by atoms with Crippen molar-refractivity contribution < 1.29 is 18.9 Å². The second kappa shape index (κ2) is 8.47. The van der Waals surface area contributed by atoms with Gasteiger partial charge in [0, 0.05) is 0 Å². The van der Waals surface area contributed by atoms with E-state index in [1.54, 1.807) is 0 Å². The fraction of sp³-hybridized carbons (Fsp3) is 1.00. The summed E-state index contributed by atoms with van der Waals surface area (Å²) in [4.78, 5) is 0. The predicted molar refractivity (Wildman–Crippen MR) is 82.1 cm³/mol. The van der Waals surface area contributed by atoms with Crippen LogP contribution in [0.15, 0.2) is 0 Å². The molecular formula is C17H32O4. The van der Waals surface area contributed by atoms with Crippen LogP contribution in [-0.2, 0) is 18.9 Å². The molecule has 2 fully saturated rings. The van der Waals surface area contributed by atoms with Crippen molar-refractivity contribution in [2.75, 3.05) is 0 Å². The number of hydrogen-bond acceptors (Lipinski definition) is 4. The molecule has 0 aromatic carbocycles. The lowest BCUT2D eigenvalue weighted by molar-refractivity contribution is -0.251. The highest BCUT2D eigenvalue weighted by Gasteiger charge is 2.28. The molecule has 0 aromatic rings. The van der Waals surface area contributed by atoms with Crippen molar-refractivity contribution in [1.82, 2.24) is 0 Å². The lowest BCUT2D eigenvalue weighted by Gasteiger charge is -2.35. The van der Waals surface area contributed by atoms with E-state index in [1.807, 2.05) is 0 Å². The van der Waals surface area contributed by atoms with Crippen molar-refractivity contribution in [3.63, 3.8) is 0 Å². The van der Waals surface area contributed by atoms with Crippen LogP contribution in [0.3, 0.4) is 0 Å². The molecule has 0 aromatic heterocycles. The van der Waals surface area contributed by atoms with Gasteiger partial charge in [0.05, 0.1) is 24.4 Å². The summed E-state index contributed by atoms with van der Waals surface area (Å²) in [5, 5.41) is 0. The van der Waals surface area contributed by atoms with Gasteiger partial charge in [-0.25, -0.2) is 0 Å². The van der Waals surface area contributed by atoms with E-state index in [2.05, 4.69) is 27.7 Å². The normalized spacial score (nSPS) is 41.1. The number of rotatable bonds is 6. The lowest BCUT2D eigenvalue weighted by atomic mass is 10.1. The highest BCUT2D eigenvalue weighted by atomic mass is 16.7. The summed E-state index contributed by atoms with van der Waals surface area (Å²) in [6.07, 6.45) is 8.23. The Balaban J connectivity index is 1.68. The standard InChI is InChI=1S/C17H32O4/c1-5-14-10-12(3)18-16(20-14)8-7-9-17-19-13(4)11-15(6-2)21-17/h12-17H,5-11H2,1-4H3. The van der Waals surface area contributed by atoms with Crippen LogP contribution in [0.2, 0.25) is 0 Å². The highest BCUT2D eigenvalue weighted by molar-refractivity contribution is 4.71. The molecule has 2 aliphatic heterocycles. The van der Waals surface area contributed by atoms with Crippen LogP contribution in [0.1, 0.15) is 72.6 Å². The molecule has 2 saturated heterocycles. The maximum Gasteiger partial charge on any atom is 0.158 e. The molecule has 2 rings (SSSR count). The van der Waals surface area contributed by atoms with Crippen molar-refractivity contribution in [3.05, 3.63) is 0 Å². The predicted octanol–water partition coefficient (Wildman–Crippen LogP) is 4.02. The molecule has 0 amide bonds. The lowest BCUT2D eigenvalue weighted by Crippen LogP contribution is -2.38. The van der Waals surface area contributed by atoms with Crippen molar-refractivity contribution in [3.8, 4) is 0 Å². The van der Waals surface area contributed by atoms with Crippen molar-refractivity contribution >= 4 is 0 Å². The van der Waals surface area contributed by atoms with Crippen LogP contribution in [-0.4, -0.2) is 37.0 Å². The van der Waals surface area contributed by atoms with E-state index in [0.717, 1.165) is 44.9 Å². The van der Waals surface area contributed by atoms with E-state index in [-0.39, 0.29) is 12.6 Å². The molecule has 6 atom stereocenters. The summed E-state index contributed by atoms with van der Waals surface area (Å²) in [6, 6.07) is 0. The molecule has 124 valence electrons. The molecule has 0 bridgehead atoms. The molecule has 2 aliphatic rings. The van der Waals surface area contributed by atoms with Gasteiger partial charge >= 0.3 is 0 Å². The van der Waals surface area contributed by atoms with Crippen molar-refractivity contribution in [2.45, 2.75) is 110 Å². The second-order valence-electron chi connectivity index (χ2n) is 6.49. The first-order valence-corrected chi connectivity index (χ1v) is 8.72. The average Bonchev–Trinajstić information content (AvgIpc) is 2.46. The fourth-order valence-electron chi connectivity index (χ4n) is 3.22. The van der Waals surface area contributed by atoms with Gasteiger partial charge in [0.2, 0.25) is 0 Å². The molecule has 21 heavy (non-hydrogen) atoms. The third kappa shape index (κ3) is 5.51. The van der Waals surface area contributed by atoms with Gasteiger partial charge in [-0.2, -0.15) is 0 Å². The van der Waals surface area contributed by atoms with Crippen molar-refractivity contribution in [1.29, 1.82) is 0 Å². The van der Waals surface area contributed by atoms with E-state index in [0.29, 0.717) is 24.4 Å². The maximum atomic E-state index is 5.95. The first kappa shape index (κ1) is 17.2. The topological polar surface area (TPSA) is 36.9 Å².